The van der Waals surface area contributed by atoms with E-state index in [1.165, 1.54) is 41.2 Å². The van der Waals surface area contributed by atoms with E-state index in [-0.39, 0.29) is 0 Å². The highest BCUT2D eigenvalue weighted by Gasteiger charge is 2.02. The van der Waals surface area contributed by atoms with Gasteiger partial charge >= 0.3 is 0 Å². The molecule has 0 heteroatoms. The minimum atomic E-state index is 1.18. The predicted octanol–water partition coefficient (Wildman–Crippen LogP) is 4.83. The van der Waals surface area contributed by atoms with E-state index >= 15 is 0 Å². The van der Waals surface area contributed by atoms with Crippen LogP contribution in [-0.2, 0) is 6.42 Å². The van der Waals surface area contributed by atoms with Crippen LogP contribution in [0.2, 0.25) is 0 Å². The fraction of sp³-hybridized carbons (Fsp3) is 0.250. The second-order valence-corrected chi connectivity index (χ2v) is 4.17. The molecule has 16 heavy (non-hydrogen) atoms. The van der Waals surface area contributed by atoms with Gasteiger partial charge in [-0.3, -0.25) is 0 Å². The van der Waals surface area contributed by atoms with Crippen molar-refractivity contribution in [1.82, 2.24) is 0 Å². The molecule has 0 saturated heterocycles. The molecule has 0 bridgehead atoms. The summed E-state index contributed by atoms with van der Waals surface area (Å²) in [6.07, 6.45) is 5.62. The number of hydrogen-bond acceptors (Lipinski definition) is 0. The van der Waals surface area contributed by atoms with Gasteiger partial charge in [-0.05, 0) is 34.7 Å². The molecule has 0 heterocycles. The van der Waals surface area contributed by atoms with Crippen molar-refractivity contribution < 1.29 is 0 Å². The highest BCUT2D eigenvalue weighted by Crippen LogP contribution is 2.24. The zero-order valence-electron chi connectivity index (χ0n) is 9.87. The predicted molar refractivity (Wildman–Crippen MR) is 72.7 cm³/mol. The lowest BCUT2D eigenvalue weighted by Crippen LogP contribution is -1.88. The van der Waals surface area contributed by atoms with Crippen molar-refractivity contribution >= 4 is 16.8 Å². The molecule has 2 aromatic carbocycles. The molecule has 0 aliphatic heterocycles. The van der Waals surface area contributed by atoms with Gasteiger partial charge in [0.2, 0.25) is 0 Å². The molecule has 0 aliphatic rings. The van der Waals surface area contributed by atoms with Gasteiger partial charge in [-0.2, -0.15) is 0 Å². The highest BCUT2D eigenvalue weighted by atomic mass is 14.1. The lowest BCUT2D eigenvalue weighted by molar-refractivity contribution is 0.799. The number of benzene rings is 2. The van der Waals surface area contributed by atoms with Crippen LogP contribution in [0.25, 0.3) is 16.8 Å². The van der Waals surface area contributed by atoms with E-state index in [9.17, 15) is 0 Å². The molecule has 0 amide bonds. The molecule has 82 valence electrons. The molecule has 0 nitrogen and oxygen atoms in total. The van der Waals surface area contributed by atoms with Gasteiger partial charge in [0.15, 0.2) is 0 Å². The number of unbranched alkanes of at least 4 members (excludes halogenated alkanes) is 1. The molecule has 0 N–H and O–H groups in total. The van der Waals surface area contributed by atoms with Crippen LogP contribution >= 0.6 is 0 Å². The Bertz CT molecular complexity index is 494. The third-order valence-corrected chi connectivity index (χ3v) is 3.07. The van der Waals surface area contributed by atoms with Gasteiger partial charge in [0.1, 0.15) is 0 Å². The lowest BCUT2D eigenvalue weighted by atomic mass is 9.97. The average Bonchev–Trinajstić information content (AvgIpc) is 2.35. The molecule has 0 atom stereocenters. The Kier molecular flexibility index (Phi) is 3.40. The number of aryl methyl sites for hydroxylation is 1. The molecule has 0 aliphatic carbocycles. The summed E-state index contributed by atoms with van der Waals surface area (Å²) in [6.45, 7) is 6.11. The van der Waals surface area contributed by atoms with Crippen LogP contribution in [0.4, 0.5) is 0 Å². The van der Waals surface area contributed by atoms with Crippen LogP contribution in [0, 0.1) is 0 Å². The molecule has 0 aromatic heterocycles. The van der Waals surface area contributed by atoms with Crippen LogP contribution in [0.5, 0.6) is 0 Å². The van der Waals surface area contributed by atoms with Gasteiger partial charge in [-0.1, -0.05) is 62.4 Å². The molecule has 0 fully saturated rings. The molecule has 0 spiro atoms. The summed E-state index contributed by atoms with van der Waals surface area (Å²) < 4.78 is 0. The van der Waals surface area contributed by atoms with Crippen LogP contribution in [0.15, 0.2) is 43.0 Å². The van der Waals surface area contributed by atoms with Gasteiger partial charge in [0.05, 0.1) is 0 Å². The number of hydrogen-bond donors (Lipinski definition) is 0. The molecular weight excluding hydrogens is 192 g/mol. The van der Waals surface area contributed by atoms with E-state index < -0.39 is 0 Å². The molecule has 2 aromatic rings. The first-order valence-corrected chi connectivity index (χ1v) is 6.00. The second kappa shape index (κ2) is 4.98. The van der Waals surface area contributed by atoms with Crippen LogP contribution < -0.4 is 0 Å². The lowest BCUT2D eigenvalue weighted by Gasteiger charge is -2.08. The molecular formula is C16H18. The Morgan fingerprint density at radius 2 is 1.81 bits per heavy atom. The number of fused-ring (bicyclic) bond motifs is 1. The van der Waals surface area contributed by atoms with Crippen molar-refractivity contribution in [2.24, 2.45) is 0 Å². The summed E-state index contributed by atoms with van der Waals surface area (Å²) in [5.41, 5.74) is 2.69. The summed E-state index contributed by atoms with van der Waals surface area (Å²) in [7, 11) is 0. The fourth-order valence-corrected chi connectivity index (χ4v) is 2.16. The molecule has 0 saturated carbocycles. The van der Waals surface area contributed by atoms with Gasteiger partial charge in [-0.15, -0.1) is 0 Å². The van der Waals surface area contributed by atoms with E-state index in [1.54, 1.807) is 0 Å². The van der Waals surface area contributed by atoms with Crippen molar-refractivity contribution in [2.45, 2.75) is 26.2 Å². The monoisotopic (exact) mass is 210 g/mol. The smallest absolute Gasteiger partial charge is 0.0109 e. The average molecular weight is 210 g/mol. The first kappa shape index (κ1) is 10.9. The zero-order valence-corrected chi connectivity index (χ0v) is 9.87. The van der Waals surface area contributed by atoms with Crippen molar-refractivity contribution in [3.05, 3.63) is 54.1 Å². The van der Waals surface area contributed by atoms with Gasteiger partial charge in [0.25, 0.3) is 0 Å². The van der Waals surface area contributed by atoms with Gasteiger partial charge < -0.3 is 0 Å². The summed E-state index contributed by atoms with van der Waals surface area (Å²) in [6, 6.07) is 13.0. The zero-order chi connectivity index (χ0) is 11.4. The van der Waals surface area contributed by atoms with Crippen LogP contribution in [0.1, 0.15) is 30.9 Å². The summed E-state index contributed by atoms with van der Waals surface area (Å²) in [5, 5.41) is 2.71. The fourth-order valence-electron chi connectivity index (χ4n) is 2.16. The SMILES string of the molecule is C=Cc1cccc2c(CCCC)cccc12. The Hall–Kier alpha value is -1.56. The standard InChI is InChI=1S/C16H18/c1-3-5-8-14-10-7-11-15-13(4-2)9-6-12-16(14)15/h4,6-7,9-12H,2-3,5,8H2,1H3. The van der Waals surface area contributed by atoms with E-state index in [0.29, 0.717) is 0 Å². The first-order valence-electron chi connectivity index (χ1n) is 6.00. The van der Waals surface area contributed by atoms with E-state index in [0.717, 1.165) is 0 Å². The minimum Gasteiger partial charge on any atom is -0.0984 e. The van der Waals surface area contributed by atoms with Crippen molar-refractivity contribution in [3.8, 4) is 0 Å². The van der Waals surface area contributed by atoms with Crippen LogP contribution in [0.3, 0.4) is 0 Å². The van der Waals surface area contributed by atoms with E-state index in [2.05, 4.69) is 49.9 Å². The van der Waals surface area contributed by atoms with E-state index in [1.807, 2.05) is 6.08 Å². The third kappa shape index (κ3) is 2.01. The summed E-state index contributed by atoms with van der Waals surface area (Å²) in [4.78, 5) is 0. The largest absolute Gasteiger partial charge is 0.0984 e. The number of rotatable bonds is 4. The molecule has 2 rings (SSSR count). The van der Waals surface area contributed by atoms with Gasteiger partial charge in [-0.25, -0.2) is 0 Å². The molecule has 0 radical (unpaired) electrons. The normalized spacial score (nSPS) is 10.6. The van der Waals surface area contributed by atoms with Gasteiger partial charge in [0, 0.05) is 0 Å². The van der Waals surface area contributed by atoms with Crippen molar-refractivity contribution in [1.29, 1.82) is 0 Å². The van der Waals surface area contributed by atoms with Crippen LogP contribution in [-0.4, -0.2) is 0 Å². The molecule has 0 unspecified atom stereocenters. The quantitative estimate of drug-likeness (QED) is 0.678. The van der Waals surface area contributed by atoms with Crippen molar-refractivity contribution in [3.63, 3.8) is 0 Å². The highest BCUT2D eigenvalue weighted by molar-refractivity contribution is 5.92. The van der Waals surface area contributed by atoms with E-state index in [4.69, 9.17) is 0 Å². The Morgan fingerprint density at radius 3 is 2.56 bits per heavy atom. The topological polar surface area (TPSA) is 0 Å². The maximum absolute atomic E-state index is 3.87. The Morgan fingerprint density at radius 1 is 1.06 bits per heavy atom. The minimum absolute atomic E-state index is 1.18. The van der Waals surface area contributed by atoms with Crippen molar-refractivity contribution in [2.75, 3.05) is 0 Å². The Labute approximate surface area is 97.6 Å². The Balaban J connectivity index is 2.55. The third-order valence-electron chi connectivity index (χ3n) is 3.07. The maximum Gasteiger partial charge on any atom is -0.0109 e. The second-order valence-electron chi connectivity index (χ2n) is 4.17. The summed E-state index contributed by atoms with van der Waals surface area (Å²) in [5.74, 6) is 0. The maximum atomic E-state index is 3.87. The first-order chi connectivity index (χ1) is 7.86. The summed E-state index contributed by atoms with van der Waals surface area (Å²) >= 11 is 0.